The number of rotatable bonds is 2. The van der Waals surface area contributed by atoms with Crippen molar-refractivity contribution >= 4 is 28.8 Å². The van der Waals surface area contributed by atoms with E-state index in [1.165, 1.54) is 12.8 Å². The average molecular weight is 401 g/mol. The molecule has 2 amide bonds. The Kier molecular flexibility index (Phi) is 7.95. The Balaban J connectivity index is 0.000000313. The van der Waals surface area contributed by atoms with Crippen LogP contribution >= 0.6 is 11.6 Å². The fraction of sp³-hybridized carbons (Fsp3) is 0.850. The Morgan fingerprint density at radius 2 is 1.33 bits per heavy atom. The minimum absolute atomic E-state index is 0.147. The molecule has 1 saturated heterocycles. The van der Waals surface area contributed by atoms with Crippen molar-refractivity contribution in [2.75, 3.05) is 26.2 Å². The van der Waals surface area contributed by atoms with Crippen LogP contribution in [0.3, 0.4) is 0 Å². The van der Waals surface area contributed by atoms with E-state index in [1.54, 1.807) is 4.90 Å². The van der Waals surface area contributed by atoms with Crippen LogP contribution in [0, 0.1) is 11.8 Å². The minimum Gasteiger partial charge on any atom is -0.444 e. The maximum atomic E-state index is 12.2. The Bertz CT molecular complexity index is 539. The van der Waals surface area contributed by atoms with Gasteiger partial charge in [0.15, 0.2) is 0 Å². The molecule has 3 aliphatic rings. The predicted molar refractivity (Wildman–Crippen MR) is 105 cm³/mol. The summed E-state index contributed by atoms with van der Waals surface area (Å²) in [4.78, 5) is 38.1. The second-order valence-electron chi connectivity index (χ2n) is 8.71. The number of hydrogen-bond donors (Lipinski definition) is 0. The molecule has 6 nitrogen and oxygen atoms in total. The number of carbonyl (C=O) groups excluding carboxylic acids is 3. The van der Waals surface area contributed by atoms with Crippen molar-refractivity contribution in [3.63, 3.8) is 0 Å². The highest BCUT2D eigenvalue weighted by atomic mass is 35.5. The number of hydrogen-bond acceptors (Lipinski definition) is 4. The molecule has 0 N–H and O–H groups in total. The Hall–Kier alpha value is -1.30. The second kappa shape index (κ2) is 9.76. The maximum Gasteiger partial charge on any atom is 0.410 e. The summed E-state index contributed by atoms with van der Waals surface area (Å²) in [6, 6.07) is 0. The van der Waals surface area contributed by atoms with Crippen LogP contribution in [-0.2, 0) is 14.3 Å². The van der Waals surface area contributed by atoms with Gasteiger partial charge in [-0.3, -0.25) is 9.59 Å². The van der Waals surface area contributed by atoms with Gasteiger partial charge in [-0.2, -0.15) is 0 Å². The van der Waals surface area contributed by atoms with E-state index >= 15 is 0 Å². The van der Waals surface area contributed by atoms with Crippen molar-refractivity contribution in [1.82, 2.24) is 9.80 Å². The van der Waals surface area contributed by atoms with Gasteiger partial charge in [-0.1, -0.05) is 12.8 Å². The van der Waals surface area contributed by atoms with Crippen LogP contribution in [0.25, 0.3) is 0 Å². The first-order valence-corrected chi connectivity index (χ1v) is 10.5. The Morgan fingerprint density at radius 3 is 1.74 bits per heavy atom. The molecule has 0 unspecified atom stereocenters. The van der Waals surface area contributed by atoms with E-state index in [-0.39, 0.29) is 29.1 Å². The molecular formula is C20H33ClN2O4. The van der Waals surface area contributed by atoms with Gasteiger partial charge in [0.1, 0.15) is 5.60 Å². The molecule has 2 aliphatic carbocycles. The van der Waals surface area contributed by atoms with Crippen molar-refractivity contribution in [2.24, 2.45) is 11.8 Å². The highest BCUT2D eigenvalue weighted by molar-refractivity contribution is 6.64. The van der Waals surface area contributed by atoms with E-state index in [0.29, 0.717) is 19.6 Å². The summed E-state index contributed by atoms with van der Waals surface area (Å²) in [5.41, 5.74) is -0.467. The molecule has 0 radical (unpaired) electrons. The van der Waals surface area contributed by atoms with Crippen LogP contribution in [0.5, 0.6) is 0 Å². The van der Waals surface area contributed by atoms with Crippen molar-refractivity contribution in [3.8, 4) is 0 Å². The summed E-state index contributed by atoms with van der Waals surface area (Å²) in [5, 5.41) is -0.147. The monoisotopic (exact) mass is 400 g/mol. The highest BCUT2D eigenvalue weighted by Crippen LogP contribution is 2.29. The van der Waals surface area contributed by atoms with Crippen molar-refractivity contribution < 1.29 is 19.1 Å². The lowest BCUT2D eigenvalue weighted by atomic mass is 9.84. The standard InChI is InChI=1S/C15H26N2O3.C5H7ClO/c1-15(2,3)20-14(19)17-9-5-8-16(10-11-17)13(18)12-6-4-7-12;6-5(7)4-2-1-3-4/h12H,4-11H2,1-3H3;4H,1-3H2. The van der Waals surface area contributed by atoms with Gasteiger partial charge in [0, 0.05) is 38.0 Å². The summed E-state index contributed by atoms with van der Waals surface area (Å²) in [6.07, 6.45) is 7.02. The first-order chi connectivity index (χ1) is 12.7. The van der Waals surface area contributed by atoms with Gasteiger partial charge in [-0.25, -0.2) is 4.79 Å². The number of ether oxygens (including phenoxy) is 1. The van der Waals surface area contributed by atoms with Crippen molar-refractivity contribution in [1.29, 1.82) is 0 Å². The summed E-state index contributed by atoms with van der Waals surface area (Å²) in [5.74, 6) is 0.729. The zero-order valence-electron chi connectivity index (χ0n) is 16.8. The van der Waals surface area contributed by atoms with Crippen LogP contribution < -0.4 is 0 Å². The molecule has 1 aliphatic heterocycles. The summed E-state index contributed by atoms with van der Waals surface area (Å²) >= 11 is 5.14. The smallest absolute Gasteiger partial charge is 0.410 e. The molecule has 7 heteroatoms. The maximum absolute atomic E-state index is 12.2. The normalized spacial score (nSPS) is 21.2. The van der Waals surface area contributed by atoms with Gasteiger partial charge in [-0.15, -0.1) is 0 Å². The van der Waals surface area contributed by atoms with Gasteiger partial charge in [0.2, 0.25) is 11.1 Å². The van der Waals surface area contributed by atoms with E-state index in [9.17, 15) is 14.4 Å². The largest absolute Gasteiger partial charge is 0.444 e. The highest BCUT2D eigenvalue weighted by Gasteiger charge is 2.31. The topological polar surface area (TPSA) is 66.9 Å². The third-order valence-electron chi connectivity index (χ3n) is 5.34. The quantitative estimate of drug-likeness (QED) is 0.661. The van der Waals surface area contributed by atoms with E-state index in [0.717, 1.165) is 38.6 Å². The zero-order chi connectivity index (χ0) is 20.0. The van der Waals surface area contributed by atoms with E-state index < -0.39 is 5.60 Å². The van der Waals surface area contributed by atoms with Crippen LogP contribution in [0.15, 0.2) is 0 Å². The lowest BCUT2D eigenvalue weighted by Gasteiger charge is -2.31. The molecule has 0 spiro atoms. The van der Waals surface area contributed by atoms with Gasteiger partial charge in [0.05, 0.1) is 0 Å². The molecule has 0 aromatic carbocycles. The van der Waals surface area contributed by atoms with Crippen molar-refractivity contribution in [2.45, 2.75) is 71.3 Å². The van der Waals surface area contributed by atoms with E-state index in [1.807, 2.05) is 25.7 Å². The van der Waals surface area contributed by atoms with Gasteiger partial charge < -0.3 is 14.5 Å². The van der Waals surface area contributed by atoms with Crippen LogP contribution in [-0.4, -0.2) is 58.8 Å². The number of amides is 2. The number of nitrogens with zero attached hydrogens (tertiary/aromatic N) is 2. The fourth-order valence-electron chi connectivity index (χ4n) is 3.20. The van der Waals surface area contributed by atoms with Crippen LogP contribution in [0.1, 0.15) is 65.7 Å². The summed E-state index contributed by atoms with van der Waals surface area (Å²) in [7, 11) is 0. The molecule has 0 atom stereocenters. The first-order valence-electron chi connectivity index (χ1n) is 10.1. The van der Waals surface area contributed by atoms with E-state index in [4.69, 9.17) is 16.3 Å². The Labute approximate surface area is 167 Å². The Morgan fingerprint density at radius 1 is 0.815 bits per heavy atom. The molecule has 0 bridgehead atoms. The first kappa shape index (κ1) is 22.0. The third kappa shape index (κ3) is 6.98. The third-order valence-corrected chi connectivity index (χ3v) is 5.65. The molecule has 3 fully saturated rings. The van der Waals surface area contributed by atoms with E-state index in [2.05, 4.69) is 0 Å². The van der Waals surface area contributed by atoms with Gasteiger partial charge in [0.25, 0.3) is 0 Å². The van der Waals surface area contributed by atoms with Crippen molar-refractivity contribution in [3.05, 3.63) is 0 Å². The molecule has 154 valence electrons. The predicted octanol–water partition coefficient (Wildman–Crippen LogP) is 3.81. The molecule has 27 heavy (non-hydrogen) atoms. The van der Waals surface area contributed by atoms with Gasteiger partial charge in [-0.05, 0) is 64.5 Å². The molecule has 0 aromatic heterocycles. The lowest BCUT2D eigenvalue weighted by Crippen LogP contribution is -2.42. The molecule has 1 heterocycles. The number of halogens is 1. The summed E-state index contributed by atoms with van der Waals surface area (Å²) in [6.45, 7) is 8.25. The minimum atomic E-state index is -0.467. The molecule has 0 aromatic rings. The van der Waals surface area contributed by atoms with Crippen LogP contribution in [0.2, 0.25) is 0 Å². The molecule has 3 rings (SSSR count). The second-order valence-corrected chi connectivity index (χ2v) is 9.08. The molecule has 2 saturated carbocycles. The fourth-order valence-corrected chi connectivity index (χ4v) is 3.41. The number of carbonyl (C=O) groups is 3. The van der Waals surface area contributed by atoms with Gasteiger partial charge >= 0.3 is 6.09 Å². The molecular weight excluding hydrogens is 368 g/mol. The average Bonchev–Trinajstić information content (AvgIpc) is 2.67. The summed E-state index contributed by atoms with van der Waals surface area (Å²) < 4.78 is 5.39. The SMILES string of the molecule is CC(C)(C)OC(=O)N1CCCN(C(=O)C2CCC2)CC1.O=C(Cl)C1CCC1. The van der Waals surface area contributed by atoms with Crippen LogP contribution in [0.4, 0.5) is 4.79 Å². The lowest BCUT2D eigenvalue weighted by molar-refractivity contribution is -0.138. The zero-order valence-corrected chi connectivity index (χ0v) is 17.6.